The van der Waals surface area contributed by atoms with Crippen LogP contribution in [0.15, 0.2) is 53.4 Å². The first-order chi connectivity index (χ1) is 15.8. The summed E-state index contributed by atoms with van der Waals surface area (Å²) in [5.41, 5.74) is 0.239. The second-order valence-corrected chi connectivity index (χ2v) is 10.7. The summed E-state index contributed by atoms with van der Waals surface area (Å²) in [6.45, 7) is 1.15. The first kappa shape index (κ1) is 25.6. The molecule has 0 aromatic heterocycles. The summed E-state index contributed by atoms with van der Waals surface area (Å²) in [4.78, 5) is 12.6. The monoisotopic (exact) mass is 498 g/mol. The average Bonchev–Trinajstić information content (AvgIpc) is 2.81. The molecule has 3 rings (SSSR count). The van der Waals surface area contributed by atoms with Gasteiger partial charge in [-0.15, -0.1) is 0 Å². The molecule has 0 saturated carbocycles. The maximum Gasteiger partial charge on any atom is 0.244 e. The minimum atomic E-state index is -4.25. The molecule has 6 nitrogen and oxygen atoms in total. The maximum absolute atomic E-state index is 14.1. The van der Waals surface area contributed by atoms with Gasteiger partial charge in [-0.3, -0.25) is 4.79 Å². The molecule has 1 saturated heterocycles. The number of amides is 1. The Morgan fingerprint density at radius 3 is 2.55 bits per heavy atom. The second-order valence-electron chi connectivity index (χ2n) is 8.01. The fraction of sp³-hybridized carbons (Fsp3) is 0.435. The maximum atomic E-state index is 14.1. The molecule has 0 aliphatic carbocycles. The lowest BCUT2D eigenvalue weighted by atomic mass is 9.74. The molecule has 180 valence electrons. The Bertz CT molecular complexity index is 1060. The van der Waals surface area contributed by atoms with Crippen LogP contribution in [0.5, 0.6) is 0 Å². The predicted molar refractivity (Wildman–Crippen MR) is 125 cm³/mol. The predicted octanol–water partition coefficient (Wildman–Crippen LogP) is 3.23. The number of hydrogen-bond donors (Lipinski definition) is 2. The van der Waals surface area contributed by atoms with Gasteiger partial charge in [-0.05, 0) is 61.1 Å². The first-order valence-corrected chi connectivity index (χ1v) is 13.5. The van der Waals surface area contributed by atoms with E-state index in [4.69, 9.17) is 4.74 Å². The molecule has 2 aromatic carbocycles. The van der Waals surface area contributed by atoms with Crippen LogP contribution in [0.4, 0.5) is 8.78 Å². The van der Waals surface area contributed by atoms with Gasteiger partial charge in [-0.2, -0.15) is 16.5 Å². The van der Waals surface area contributed by atoms with Crippen LogP contribution in [0, 0.1) is 11.6 Å². The number of halogens is 2. The molecule has 33 heavy (non-hydrogen) atoms. The summed E-state index contributed by atoms with van der Waals surface area (Å²) in [6.07, 6.45) is 3.26. The molecule has 1 aliphatic rings. The third kappa shape index (κ3) is 6.53. The van der Waals surface area contributed by atoms with Crippen molar-refractivity contribution in [2.24, 2.45) is 0 Å². The number of carbonyl (C=O) groups is 1. The largest absolute Gasteiger partial charge is 0.381 e. The fourth-order valence-electron chi connectivity index (χ4n) is 3.92. The zero-order valence-corrected chi connectivity index (χ0v) is 20.0. The Labute approximate surface area is 197 Å². The van der Waals surface area contributed by atoms with Gasteiger partial charge in [0.25, 0.3) is 0 Å². The van der Waals surface area contributed by atoms with Crippen LogP contribution in [0.3, 0.4) is 0 Å². The number of benzene rings is 2. The van der Waals surface area contributed by atoms with E-state index in [1.165, 1.54) is 36.0 Å². The van der Waals surface area contributed by atoms with Gasteiger partial charge in [0.15, 0.2) is 0 Å². The van der Waals surface area contributed by atoms with E-state index in [-0.39, 0.29) is 18.8 Å². The molecule has 1 atom stereocenters. The number of thioether (sulfide) groups is 1. The highest BCUT2D eigenvalue weighted by Crippen LogP contribution is 2.34. The van der Waals surface area contributed by atoms with E-state index in [2.05, 4.69) is 10.0 Å². The van der Waals surface area contributed by atoms with Crippen molar-refractivity contribution in [2.45, 2.75) is 35.6 Å². The van der Waals surface area contributed by atoms with Crippen molar-refractivity contribution in [3.05, 3.63) is 65.7 Å². The van der Waals surface area contributed by atoms with Gasteiger partial charge in [-0.25, -0.2) is 17.2 Å². The minimum absolute atomic E-state index is 0.204. The topological polar surface area (TPSA) is 84.5 Å². The highest BCUT2D eigenvalue weighted by molar-refractivity contribution is 7.98. The molecular formula is C23H28F2N2O4S2. The first-order valence-electron chi connectivity index (χ1n) is 10.6. The van der Waals surface area contributed by atoms with Crippen LogP contribution in [0.1, 0.15) is 24.8 Å². The quantitative estimate of drug-likeness (QED) is 0.526. The molecule has 1 unspecified atom stereocenters. The molecule has 1 fully saturated rings. The van der Waals surface area contributed by atoms with Crippen LogP contribution in [-0.4, -0.2) is 52.1 Å². The van der Waals surface area contributed by atoms with Gasteiger partial charge in [-0.1, -0.05) is 24.3 Å². The zero-order valence-electron chi connectivity index (χ0n) is 18.4. The van der Waals surface area contributed by atoms with Gasteiger partial charge < -0.3 is 10.1 Å². The van der Waals surface area contributed by atoms with Gasteiger partial charge in [0.2, 0.25) is 15.9 Å². The Morgan fingerprint density at radius 2 is 1.88 bits per heavy atom. The molecular weight excluding hydrogens is 470 g/mol. The molecule has 10 heteroatoms. The van der Waals surface area contributed by atoms with Crippen molar-refractivity contribution in [1.82, 2.24) is 10.0 Å². The second kappa shape index (κ2) is 11.4. The number of nitrogens with one attached hydrogen (secondary N) is 2. The normalized spacial score (nSPS) is 16.8. The van der Waals surface area contributed by atoms with Crippen LogP contribution in [-0.2, 0) is 25.0 Å². The summed E-state index contributed by atoms with van der Waals surface area (Å²) in [6, 6.07) is 10.2. The summed E-state index contributed by atoms with van der Waals surface area (Å²) in [5.74, 6) is -1.23. The Morgan fingerprint density at radius 1 is 1.15 bits per heavy atom. The van der Waals surface area contributed by atoms with Gasteiger partial charge in [0, 0.05) is 25.2 Å². The third-order valence-corrected chi connectivity index (χ3v) is 7.99. The van der Waals surface area contributed by atoms with Crippen molar-refractivity contribution in [3.63, 3.8) is 0 Å². The number of sulfonamides is 1. The standard InChI is InChI=1S/C23H28F2N2O4S2/c1-32-14-9-20(27-33(29,30)21-8-3-2-7-19(21)25)22(28)26-16-23(10-12-31-13-11-23)17-5-4-6-18(24)15-17/h2-8,15,20,27H,9-14,16H2,1H3,(H,26,28). The van der Waals surface area contributed by atoms with E-state index in [0.717, 1.165) is 17.7 Å². The van der Waals surface area contributed by atoms with Gasteiger partial charge in [0.05, 0.1) is 0 Å². The van der Waals surface area contributed by atoms with Crippen LogP contribution >= 0.6 is 11.8 Å². The van der Waals surface area contributed by atoms with E-state index in [0.29, 0.717) is 31.8 Å². The summed E-state index contributed by atoms with van der Waals surface area (Å²) in [5, 5.41) is 2.86. The minimum Gasteiger partial charge on any atom is -0.381 e. The molecule has 2 aromatic rings. The molecule has 0 bridgehead atoms. The number of carbonyl (C=O) groups excluding carboxylic acids is 1. The van der Waals surface area contributed by atoms with Gasteiger partial charge >= 0.3 is 0 Å². The Hall–Kier alpha value is -2.01. The summed E-state index contributed by atoms with van der Waals surface area (Å²) >= 11 is 1.47. The highest BCUT2D eigenvalue weighted by Gasteiger charge is 2.36. The van der Waals surface area contributed by atoms with Crippen molar-refractivity contribution in [1.29, 1.82) is 0 Å². The summed E-state index contributed by atoms with van der Waals surface area (Å²) < 4.78 is 61.3. The lowest BCUT2D eigenvalue weighted by molar-refractivity contribution is -0.123. The van der Waals surface area contributed by atoms with Crippen molar-refractivity contribution in [2.75, 3.05) is 31.8 Å². The number of hydrogen-bond acceptors (Lipinski definition) is 5. The zero-order chi connectivity index (χ0) is 23.9. The van der Waals surface area contributed by atoms with Crippen molar-refractivity contribution >= 4 is 27.7 Å². The van der Waals surface area contributed by atoms with Crippen LogP contribution in [0.2, 0.25) is 0 Å². The molecule has 2 N–H and O–H groups in total. The van der Waals surface area contributed by atoms with Crippen LogP contribution < -0.4 is 10.0 Å². The molecule has 1 amide bonds. The van der Waals surface area contributed by atoms with Crippen molar-refractivity contribution in [3.8, 4) is 0 Å². The third-order valence-electron chi connectivity index (χ3n) is 5.84. The lowest BCUT2D eigenvalue weighted by Gasteiger charge is -2.38. The molecule has 0 radical (unpaired) electrons. The summed E-state index contributed by atoms with van der Waals surface area (Å²) in [7, 11) is -4.25. The highest BCUT2D eigenvalue weighted by atomic mass is 32.2. The van der Waals surface area contributed by atoms with E-state index < -0.39 is 38.1 Å². The Kier molecular flexibility index (Phi) is 8.86. The molecule has 1 heterocycles. The molecule has 1 aliphatic heterocycles. The lowest BCUT2D eigenvalue weighted by Crippen LogP contribution is -2.51. The Balaban J connectivity index is 1.78. The average molecular weight is 499 g/mol. The smallest absolute Gasteiger partial charge is 0.244 e. The SMILES string of the molecule is CSCCC(NS(=O)(=O)c1ccccc1F)C(=O)NCC1(c2cccc(F)c2)CCOCC1. The van der Waals surface area contributed by atoms with Crippen molar-refractivity contribution < 1.29 is 26.7 Å². The van der Waals surface area contributed by atoms with E-state index in [1.807, 2.05) is 12.3 Å². The van der Waals surface area contributed by atoms with E-state index in [9.17, 15) is 22.0 Å². The van der Waals surface area contributed by atoms with Crippen LogP contribution in [0.25, 0.3) is 0 Å². The number of rotatable bonds is 10. The fourth-order valence-corrected chi connectivity index (χ4v) is 5.70. The van der Waals surface area contributed by atoms with E-state index >= 15 is 0 Å². The van der Waals surface area contributed by atoms with Gasteiger partial charge in [0.1, 0.15) is 22.6 Å². The van der Waals surface area contributed by atoms with E-state index in [1.54, 1.807) is 6.07 Å². The molecule has 0 spiro atoms. The number of ether oxygens (including phenoxy) is 1.